The molecule has 0 aromatic heterocycles. The Morgan fingerprint density at radius 1 is 1.07 bits per heavy atom. The van der Waals surface area contributed by atoms with Gasteiger partial charge in [-0.15, -0.1) is 0 Å². The van der Waals surface area contributed by atoms with E-state index in [4.69, 9.17) is 9.47 Å². The van der Waals surface area contributed by atoms with Gasteiger partial charge in [0.25, 0.3) is 11.8 Å². The minimum atomic E-state index is -0.869. The van der Waals surface area contributed by atoms with Crippen molar-refractivity contribution >= 4 is 45.5 Å². The smallest absolute Gasteiger partial charge is 0.335 e. The number of anilines is 1. The highest BCUT2D eigenvalue weighted by molar-refractivity contribution is 9.10. The molecule has 8 nitrogen and oxygen atoms in total. The van der Waals surface area contributed by atoms with Gasteiger partial charge in [-0.25, -0.2) is 9.69 Å². The quantitative estimate of drug-likeness (QED) is 0.552. The third-order valence-corrected chi connectivity index (χ3v) is 4.57. The highest BCUT2D eigenvalue weighted by Crippen LogP contribution is 2.37. The highest BCUT2D eigenvalue weighted by Gasteiger charge is 2.36. The maximum atomic E-state index is 12.8. The average molecular weight is 447 g/mol. The normalized spacial score (nSPS) is 15.6. The first-order chi connectivity index (χ1) is 13.3. The van der Waals surface area contributed by atoms with Crippen molar-refractivity contribution in [3.8, 4) is 17.2 Å². The van der Waals surface area contributed by atoms with E-state index >= 15 is 0 Å². The van der Waals surface area contributed by atoms with Gasteiger partial charge in [0.2, 0.25) is 0 Å². The molecule has 0 spiro atoms. The van der Waals surface area contributed by atoms with Crippen molar-refractivity contribution in [1.29, 1.82) is 0 Å². The fraction of sp³-hybridized carbons (Fsp3) is 0.105. The van der Waals surface area contributed by atoms with Crippen LogP contribution >= 0.6 is 15.9 Å². The van der Waals surface area contributed by atoms with Gasteiger partial charge < -0.3 is 14.6 Å². The minimum Gasteiger partial charge on any atom is -0.508 e. The lowest BCUT2D eigenvalue weighted by atomic mass is 10.1. The van der Waals surface area contributed by atoms with Gasteiger partial charge in [0.1, 0.15) is 11.3 Å². The van der Waals surface area contributed by atoms with Crippen LogP contribution in [0.1, 0.15) is 5.56 Å². The molecule has 0 saturated carbocycles. The molecule has 2 aromatic rings. The van der Waals surface area contributed by atoms with Crippen LogP contribution in [0.4, 0.5) is 10.5 Å². The number of nitrogens with one attached hydrogen (secondary N) is 1. The fourth-order valence-electron chi connectivity index (χ4n) is 2.68. The number of nitrogens with zero attached hydrogens (tertiary/aromatic N) is 1. The van der Waals surface area contributed by atoms with Crippen LogP contribution in [0.3, 0.4) is 0 Å². The number of halogens is 1. The number of amides is 4. The first-order valence-electron chi connectivity index (χ1n) is 7.97. The molecule has 0 unspecified atom stereocenters. The van der Waals surface area contributed by atoms with Crippen molar-refractivity contribution < 1.29 is 29.0 Å². The summed E-state index contributed by atoms with van der Waals surface area (Å²) in [5.74, 6) is -0.749. The van der Waals surface area contributed by atoms with E-state index in [-0.39, 0.29) is 17.0 Å². The molecule has 0 bridgehead atoms. The number of hydrogen-bond donors (Lipinski definition) is 2. The van der Waals surface area contributed by atoms with Gasteiger partial charge in [-0.3, -0.25) is 14.9 Å². The predicted molar refractivity (Wildman–Crippen MR) is 104 cm³/mol. The van der Waals surface area contributed by atoms with Gasteiger partial charge in [-0.2, -0.15) is 0 Å². The number of phenolic OH excluding ortho intramolecular Hbond substituents is 1. The average Bonchev–Trinajstić information content (AvgIpc) is 2.66. The lowest BCUT2D eigenvalue weighted by molar-refractivity contribution is -0.122. The Labute approximate surface area is 168 Å². The van der Waals surface area contributed by atoms with Crippen molar-refractivity contribution in [1.82, 2.24) is 5.32 Å². The molecule has 144 valence electrons. The van der Waals surface area contributed by atoms with E-state index in [1.807, 2.05) is 0 Å². The Kier molecular flexibility index (Phi) is 5.36. The minimum absolute atomic E-state index is 0.0179. The summed E-state index contributed by atoms with van der Waals surface area (Å²) >= 11 is 3.35. The lowest BCUT2D eigenvalue weighted by Crippen LogP contribution is -2.54. The molecule has 1 saturated heterocycles. The van der Waals surface area contributed by atoms with Crippen LogP contribution in [0.25, 0.3) is 6.08 Å². The molecular weight excluding hydrogens is 432 g/mol. The summed E-state index contributed by atoms with van der Waals surface area (Å²) in [5, 5.41) is 11.5. The van der Waals surface area contributed by atoms with Gasteiger partial charge in [0, 0.05) is 0 Å². The van der Waals surface area contributed by atoms with Gasteiger partial charge in [0.05, 0.1) is 24.4 Å². The number of carbonyl (C=O) groups excluding carboxylic acids is 3. The number of rotatable bonds is 4. The maximum Gasteiger partial charge on any atom is 0.335 e. The van der Waals surface area contributed by atoms with Gasteiger partial charge >= 0.3 is 6.03 Å². The molecule has 0 aliphatic carbocycles. The van der Waals surface area contributed by atoms with Gasteiger partial charge in [-0.05, 0) is 64.0 Å². The molecule has 0 radical (unpaired) electrons. The number of methoxy groups -OCH3 is 2. The third kappa shape index (κ3) is 3.56. The summed E-state index contributed by atoms with van der Waals surface area (Å²) in [4.78, 5) is 38.1. The second kappa shape index (κ2) is 7.73. The molecule has 4 amide bonds. The van der Waals surface area contributed by atoms with E-state index in [1.54, 1.807) is 12.1 Å². The largest absolute Gasteiger partial charge is 0.508 e. The number of hydrogen-bond acceptors (Lipinski definition) is 6. The predicted octanol–water partition coefficient (Wildman–Crippen LogP) is 2.84. The molecule has 2 aromatic carbocycles. The van der Waals surface area contributed by atoms with E-state index in [9.17, 15) is 19.5 Å². The SMILES string of the molecule is COc1cc(/C=C2\C(=O)NC(=O)N(c3ccc(O)cc3)C2=O)cc(Br)c1OC. The lowest BCUT2D eigenvalue weighted by Gasteiger charge is -2.26. The number of aromatic hydroxyl groups is 1. The van der Waals surface area contributed by atoms with Crippen LogP contribution in [-0.2, 0) is 9.59 Å². The Hall–Kier alpha value is -3.33. The summed E-state index contributed by atoms with van der Waals surface area (Å²) < 4.78 is 11.1. The van der Waals surface area contributed by atoms with E-state index in [2.05, 4.69) is 21.2 Å². The molecule has 1 aliphatic rings. The molecule has 28 heavy (non-hydrogen) atoms. The Bertz CT molecular complexity index is 1000. The molecule has 0 atom stereocenters. The van der Waals surface area contributed by atoms with Crippen LogP contribution in [0.5, 0.6) is 17.2 Å². The Balaban J connectivity index is 2.04. The zero-order valence-corrected chi connectivity index (χ0v) is 16.4. The summed E-state index contributed by atoms with van der Waals surface area (Å²) in [6.07, 6.45) is 1.35. The fourth-order valence-corrected chi connectivity index (χ4v) is 3.30. The molecule has 1 fully saturated rings. The zero-order valence-electron chi connectivity index (χ0n) is 14.9. The van der Waals surface area contributed by atoms with Crippen LogP contribution in [-0.4, -0.2) is 37.2 Å². The Morgan fingerprint density at radius 2 is 1.75 bits per heavy atom. The first kappa shape index (κ1) is 19.4. The number of urea groups is 1. The van der Waals surface area contributed by atoms with Crippen molar-refractivity contribution in [2.75, 3.05) is 19.1 Å². The van der Waals surface area contributed by atoms with Crippen molar-refractivity contribution in [3.05, 3.63) is 52.0 Å². The third-order valence-electron chi connectivity index (χ3n) is 3.98. The van der Waals surface area contributed by atoms with Crippen LogP contribution in [0, 0.1) is 0 Å². The molecule has 1 aliphatic heterocycles. The maximum absolute atomic E-state index is 12.8. The zero-order chi connectivity index (χ0) is 20.4. The second-order valence-corrected chi connectivity index (χ2v) is 6.57. The van der Waals surface area contributed by atoms with Crippen LogP contribution in [0.15, 0.2) is 46.4 Å². The standard InChI is InChI=1S/C19H15BrN2O6/c1-27-15-9-10(8-14(20)16(15)28-2)7-13-17(24)21-19(26)22(18(13)25)11-3-5-12(23)6-4-11/h3-9,23H,1-2H3,(H,21,24,26)/b13-7+. The highest BCUT2D eigenvalue weighted by atomic mass is 79.9. The molecule has 1 heterocycles. The van der Waals surface area contributed by atoms with Crippen molar-refractivity contribution in [2.24, 2.45) is 0 Å². The number of carbonyl (C=O) groups is 3. The van der Waals surface area contributed by atoms with E-state index < -0.39 is 17.8 Å². The molecule has 2 N–H and O–H groups in total. The monoisotopic (exact) mass is 446 g/mol. The number of ether oxygens (including phenoxy) is 2. The molecule has 3 rings (SSSR count). The number of benzene rings is 2. The van der Waals surface area contributed by atoms with Gasteiger partial charge in [0.15, 0.2) is 11.5 Å². The van der Waals surface area contributed by atoms with Crippen molar-refractivity contribution in [2.45, 2.75) is 0 Å². The number of barbiturate groups is 1. The number of phenols is 1. The second-order valence-electron chi connectivity index (χ2n) is 5.71. The topological polar surface area (TPSA) is 105 Å². The van der Waals surface area contributed by atoms with Crippen molar-refractivity contribution in [3.63, 3.8) is 0 Å². The molecule has 9 heteroatoms. The summed E-state index contributed by atoms with van der Waals surface area (Å²) in [6.45, 7) is 0. The van der Waals surface area contributed by atoms with E-state index in [0.29, 0.717) is 21.5 Å². The number of imide groups is 2. The summed E-state index contributed by atoms with van der Waals surface area (Å²) in [5.41, 5.74) is 0.474. The first-order valence-corrected chi connectivity index (χ1v) is 8.77. The van der Waals surface area contributed by atoms with Gasteiger partial charge in [-0.1, -0.05) is 0 Å². The van der Waals surface area contributed by atoms with E-state index in [1.165, 1.54) is 44.6 Å². The summed E-state index contributed by atoms with van der Waals surface area (Å²) in [7, 11) is 2.95. The Morgan fingerprint density at radius 3 is 2.36 bits per heavy atom. The van der Waals surface area contributed by atoms with Crippen LogP contribution < -0.4 is 19.7 Å². The summed E-state index contributed by atoms with van der Waals surface area (Å²) in [6, 6.07) is 7.84. The van der Waals surface area contributed by atoms with Crippen LogP contribution in [0.2, 0.25) is 0 Å². The van der Waals surface area contributed by atoms with E-state index in [0.717, 1.165) is 4.90 Å². The molecular formula is C19H15BrN2O6.